The lowest BCUT2D eigenvalue weighted by molar-refractivity contribution is 0.314. The van der Waals surface area contributed by atoms with Crippen molar-refractivity contribution in [2.75, 3.05) is 20.2 Å². The Balaban J connectivity index is 2.87. The molecular weight excluding hydrogens is 222 g/mol. The van der Waals surface area contributed by atoms with E-state index in [4.69, 9.17) is 16.3 Å². The van der Waals surface area contributed by atoms with Crippen molar-refractivity contribution in [3.8, 4) is 5.75 Å². The third-order valence-electron chi connectivity index (χ3n) is 2.45. The Morgan fingerprint density at radius 3 is 2.75 bits per heavy atom. The molecule has 0 radical (unpaired) electrons. The lowest BCUT2D eigenvalue weighted by Gasteiger charge is -2.13. The van der Waals surface area contributed by atoms with Crippen LogP contribution in [-0.2, 0) is 6.42 Å². The second-order valence-corrected chi connectivity index (χ2v) is 4.32. The van der Waals surface area contributed by atoms with Gasteiger partial charge in [-0.25, -0.2) is 0 Å². The first-order chi connectivity index (χ1) is 7.69. The molecule has 1 rings (SSSR count). The number of nitrogens with one attached hydrogen (secondary N) is 1. The van der Waals surface area contributed by atoms with Crippen LogP contribution < -0.4 is 10.1 Å². The Bertz CT molecular complexity index is 306. The Kier molecular flexibility index (Phi) is 5.64. The van der Waals surface area contributed by atoms with Crippen LogP contribution in [0, 0.1) is 6.92 Å². The number of hydrogen-bond donors (Lipinski definition) is 1. The van der Waals surface area contributed by atoms with Gasteiger partial charge in [-0.05, 0) is 56.6 Å². The van der Waals surface area contributed by atoms with Gasteiger partial charge in [-0.3, -0.25) is 0 Å². The number of likely N-dealkylation sites (N-methyl/N-ethyl adjacent to an activating group) is 1. The summed E-state index contributed by atoms with van der Waals surface area (Å²) < 4.78 is 5.73. The first kappa shape index (κ1) is 13.3. The monoisotopic (exact) mass is 241 g/mol. The highest BCUT2D eigenvalue weighted by Gasteiger charge is 2.07. The average molecular weight is 242 g/mol. The molecule has 1 aromatic carbocycles. The zero-order valence-corrected chi connectivity index (χ0v) is 11.0. The van der Waals surface area contributed by atoms with Crippen molar-refractivity contribution >= 4 is 11.6 Å². The van der Waals surface area contributed by atoms with E-state index in [0.717, 1.165) is 42.3 Å². The molecule has 0 saturated carbocycles. The molecule has 0 bridgehead atoms. The van der Waals surface area contributed by atoms with Crippen LogP contribution in [0.1, 0.15) is 24.5 Å². The van der Waals surface area contributed by atoms with Gasteiger partial charge in [0.15, 0.2) is 0 Å². The van der Waals surface area contributed by atoms with Crippen molar-refractivity contribution < 1.29 is 4.74 Å². The molecule has 2 nitrogen and oxygen atoms in total. The summed E-state index contributed by atoms with van der Waals surface area (Å²) in [6.45, 7) is 5.80. The molecule has 0 heterocycles. The highest BCUT2D eigenvalue weighted by atomic mass is 35.5. The summed E-state index contributed by atoms with van der Waals surface area (Å²) >= 11 is 6.12. The minimum atomic E-state index is 0.758. The number of benzene rings is 1. The molecule has 1 aromatic rings. The maximum absolute atomic E-state index is 6.12. The molecule has 0 fully saturated rings. The zero-order chi connectivity index (χ0) is 12.0. The highest BCUT2D eigenvalue weighted by Crippen LogP contribution is 2.27. The molecule has 0 aliphatic carbocycles. The number of hydrogen-bond acceptors (Lipinski definition) is 2. The van der Waals surface area contributed by atoms with Gasteiger partial charge in [0.05, 0.1) is 6.61 Å². The van der Waals surface area contributed by atoms with E-state index in [-0.39, 0.29) is 0 Å². The minimum Gasteiger partial charge on any atom is -0.493 e. The van der Waals surface area contributed by atoms with Gasteiger partial charge < -0.3 is 10.1 Å². The van der Waals surface area contributed by atoms with Gasteiger partial charge in [0.25, 0.3) is 0 Å². The van der Waals surface area contributed by atoms with Gasteiger partial charge >= 0.3 is 0 Å². The van der Waals surface area contributed by atoms with Crippen LogP contribution >= 0.6 is 11.6 Å². The normalized spacial score (nSPS) is 10.5. The van der Waals surface area contributed by atoms with Crippen molar-refractivity contribution in [1.29, 1.82) is 0 Å². The Morgan fingerprint density at radius 1 is 1.38 bits per heavy atom. The van der Waals surface area contributed by atoms with Crippen LogP contribution in [0.3, 0.4) is 0 Å². The van der Waals surface area contributed by atoms with E-state index < -0.39 is 0 Å². The summed E-state index contributed by atoms with van der Waals surface area (Å²) in [5, 5.41) is 3.95. The van der Waals surface area contributed by atoms with Crippen molar-refractivity contribution in [3.05, 3.63) is 28.3 Å². The molecule has 16 heavy (non-hydrogen) atoms. The van der Waals surface area contributed by atoms with Crippen LogP contribution in [0.2, 0.25) is 5.02 Å². The van der Waals surface area contributed by atoms with E-state index in [1.165, 1.54) is 5.56 Å². The summed E-state index contributed by atoms with van der Waals surface area (Å²) in [4.78, 5) is 0. The Labute approximate surface area is 103 Å². The fraction of sp³-hybridized carbons (Fsp3) is 0.538. The predicted molar refractivity (Wildman–Crippen MR) is 69.6 cm³/mol. The molecule has 1 N–H and O–H groups in total. The van der Waals surface area contributed by atoms with Gasteiger partial charge in [0.2, 0.25) is 0 Å². The molecule has 0 amide bonds. The fourth-order valence-electron chi connectivity index (χ4n) is 1.50. The number of rotatable bonds is 6. The molecule has 0 aliphatic rings. The number of ether oxygens (including phenoxy) is 1. The largest absolute Gasteiger partial charge is 0.493 e. The van der Waals surface area contributed by atoms with Crippen LogP contribution in [0.4, 0.5) is 0 Å². The molecule has 0 unspecified atom stereocenters. The van der Waals surface area contributed by atoms with Gasteiger partial charge in [-0.15, -0.1) is 0 Å². The highest BCUT2D eigenvalue weighted by molar-refractivity contribution is 6.31. The molecule has 90 valence electrons. The van der Waals surface area contributed by atoms with E-state index in [2.05, 4.69) is 12.2 Å². The molecule has 0 atom stereocenters. The first-order valence-corrected chi connectivity index (χ1v) is 6.13. The lowest BCUT2D eigenvalue weighted by Crippen LogP contribution is -2.11. The van der Waals surface area contributed by atoms with E-state index in [1.54, 1.807) is 0 Å². The van der Waals surface area contributed by atoms with Crippen molar-refractivity contribution in [3.63, 3.8) is 0 Å². The molecule has 0 aromatic heterocycles. The molecule has 0 saturated heterocycles. The van der Waals surface area contributed by atoms with E-state index >= 15 is 0 Å². The second-order valence-electron chi connectivity index (χ2n) is 3.91. The van der Waals surface area contributed by atoms with Crippen LogP contribution in [0.15, 0.2) is 12.1 Å². The first-order valence-electron chi connectivity index (χ1n) is 5.75. The lowest BCUT2D eigenvalue weighted by atomic mass is 10.1. The van der Waals surface area contributed by atoms with Crippen LogP contribution in [-0.4, -0.2) is 20.2 Å². The second kappa shape index (κ2) is 6.77. The quantitative estimate of drug-likeness (QED) is 0.826. The van der Waals surface area contributed by atoms with Gasteiger partial charge in [-0.2, -0.15) is 0 Å². The standard InChI is InChI=1S/C13H20ClNO/c1-4-7-16-13-8-10(2)12(14)9-11(13)5-6-15-3/h8-9,15H,4-7H2,1-3H3. The van der Waals surface area contributed by atoms with Gasteiger partial charge in [0, 0.05) is 5.02 Å². The van der Waals surface area contributed by atoms with Gasteiger partial charge in [0.1, 0.15) is 5.75 Å². The summed E-state index contributed by atoms with van der Waals surface area (Å²) in [7, 11) is 1.95. The SMILES string of the molecule is CCCOc1cc(C)c(Cl)cc1CCNC. The summed E-state index contributed by atoms with van der Waals surface area (Å²) in [5.41, 5.74) is 2.25. The third kappa shape index (κ3) is 3.69. The zero-order valence-electron chi connectivity index (χ0n) is 10.3. The van der Waals surface area contributed by atoms with E-state index in [0.29, 0.717) is 0 Å². The van der Waals surface area contributed by atoms with Crippen LogP contribution in [0.5, 0.6) is 5.75 Å². The summed E-state index contributed by atoms with van der Waals surface area (Å²) in [6, 6.07) is 4.04. The summed E-state index contributed by atoms with van der Waals surface area (Å²) in [6.07, 6.45) is 1.96. The van der Waals surface area contributed by atoms with Crippen LogP contribution in [0.25, 0.3) is 0 Å². The maximum atomic E-state index is 6.12. The van der Waals surface area contributed by atoms with Crippen molar-refractivity contribution in [1.82, 2.24) is 5.32 Å². The molecular formula is C13H20ClNO. The molecule has 0 aliphatic heterocycles. The summed E-state index contributed by atoms with van der Waals surface area (Å²) in [5.74, 6) is 0.971. The predicted octanol–water partition coefficient (Wildman–Crippen LogP) is 3.20. The van der Waals surface area contributed by atoms with Crippen molar-refractivity contribution in [2.45, 2.75) is 26.7 Å². The number of halogens is 1. The smallest absolute Gasteiger partial charge is 0.122 e. The van der Waals surface area contributed by atoms with E-state index in [1.807, 2.05) is 26.1 Å². The molecule has 0 spiro atoms. The Morgan fingerprint density at radius 2 is 2.12 bits per heavy atom. The maximum Gasteiger partial charge on any atom is 0.122 e. The minimum absolute atomic E-state index is 0.758. The van der Waals surface area contributed by atoms with E-state index in [9.17, 15) is 0 Å². The van der Waals surface area contributed by atoms with Crippen molar-refractivity contribution in [2.24, 2.45) is 0 Å². The Hall–Kier alpha value is -0.730. The number of aryl methyl sites for hydroxylation is 1. The third-order valence-corrected chi connectivity index (χ3v) is 2.85. The fourth-order valence-corrected chi connectivity index (χ4v) is 1.68. The average Bonchev–Trinajstić information content (AvgIpc) is 2.28. The topological polar surface area (TPSA) is 21.3 Å². The van der Waals surface area contributed by atoms with Gasteiger partial charge in [-0.1, -0.05) is 18.5 Å². The molecule has 3 heteroatoms.